The highest BCUT2D eigenvalue weighted by Gasteiger charge is 2.31. The van der Waals surface area contributed by atoms with Gasteiger partial charge in [-0.1, -0.05) is 6.92 Å². The van der Waals surface area contributed by atoms with Gasteiger partial charge in [0, 0.05) is 12.6 Å². The van der Waals surface area contributed by atoms with Crippen LogP contribution < -0.4 is 10.1 Å². The molecule has 1 aromatic carbocycles. The first kappa shape index (κ1) is 17.0. The fourth-order valence-corrected chi connectivity index (χ4v) is 1.83. The van der Waals surface area contributed by atoms with Gasteiger partial charge in [0.15, 0.2) is 5.60 Å². The van der Waals surface area contributed by atoms with Crippen molar-refractivity contribution in [2.75, 3.05) is 6.61 Å². The van der Waals surface area contributed by atoms with Gasteiger partial charge in [0.25, 0.3) is 5.91 Å². The third-order valence-corrected chi connectivity index (χ3v) is 3.21. The van der Waals surface area contributed by atoms with E-state index in [9.17, 15) is 4.79 Å². The van der Waals surface area contributed by atoms with Crippen molar-refractivity contribution in [3.63, 3.8) is 0 Å². The zero-order chi connectivity index (χ0) is 15.9. The standard InChI is InChI=1S/C16H22N2O3/c1-4-13(9-10-19)18-15(20)16(2,3)21-14-7-5-12(11-17)6-8-14/h5-8,13,19H,4,9-10H2,1-3H3,(H,18,20). The van der Waals surface area contributed by atoms with Gasteiger partial charge in [-0.05, 0) is 51.0 Å². The summed E-state index contributed by atoms with van der Waals surface area (Å²) in [5, 5.41) is 20.6. The Hall–Kier alpha value is -2.06. The topological polar surface area (TPSA) is 82.3 Å². The van der Waals surface area contributed by atoms with E-state index in [1.54, 1.807) is 38.1 Å². The van der Waals surface area contributed by atoms with E-state index in [2.05, 4.69) is 5.32 Å². The van der Waals surface area contributed by atoms with Crippen LogP contribution in [-0.2, 0) is 4.79 Å². The molecule has 0 bridgehead atoms. The minimum absolute atomic E-state index is 0.0374. The van der Waals surface area contributed by atoms with Crippen LogP contribution in [-0.4, -0.2) is 29.3 Å². The van der Waals surface area contributed by atoms with E-state index < -0.39 is 5.60 Å². The van der Waals surface area contributed by atoms with Gasteiger partial charge in [-0.2, -0.15) is 5.26 Å². The second-order valence-electron chi connectivity index (χ2n) is 5.34. The Labute approximate surface area is 125 Å². The summed E-state index contributed by atoms with van der Waals surface area (Å²) >= 11 is 0. The zero-order valence-electron chi connectivity index (χ0n) is 12.7. The minimum atomic E-state index is -1.03. The zero-order valence-corrected chi connectivity index (χ0v) is 12.7. The molecule has 0 fully saturated rings. The monoisotopic (exact) mass is 290 g/mol. The number of nitrogens with one attached hydrogen (secondary N) is 1. The molecule has 0 radical (unpaired) electrons. The number of hydrogen-bond acceptors (Lipinski definition) is 4. The Bertz CT molecular complexity index is 503. The molecule has 0 saturated carbocycles. The summed E-state index contributed by atoms with van der Waals surface area (Å²) in [6.07, 6.45) is 1.27. The number of carbonyl (C=O) groups is 1. The number of aliphatic hydroxyl groups excluding tert-OH is 1. The molecule has 1 unspecified atom stereocenters. The molecule has 21 heavy (non-hydrogen) atoms. The van der Waals surface area contributed by atoms with E-state index >= 15 is 0 Å². The van der Waals surface area contributed by atoms with Crippen LogP contribution in [0.4, 0.5) is 0 Å². The summed E-state index contributed by atoms with van der Waals surface area (Å²) in [6, 6.07) is 8.58. The first-order chi connectivity index (χ1) is 9.92. The molecule has 1 atom stereocenters. The summed E-state index contributed by atoms with van der Waals surface area (Å²) < 4.78 is 5.70. The highest BCUT2D eigenvalue weighted by atomic mass is 16.5. The third kappa shape index (κ3) is 5.09. The van der Waals surface area contributed by atoms with Crippen LogP contribution in [0.5, 0.6) is 5.75 Å². The maximum Gasteiger partial charge on any atom is 0.263 e. The fraction of sp³-hybridized carbons (Fsp3) is 0.500. The Morgan fingerprint density at radius 1 is 1.43 bits per heavy atom. The lowest BCUT2D eigenvalue weighted by atomic mass is 10.1. The molecule has 0 aromatic heterocycles. The molecule has 5 nitrogen and oxygen atoms in total. The second kappa shape index (κ2) is 7.65. The molecule has 0 aliphatic carbocycles. The molecule has 0 heterocycles. The van der Waals surface area contributed by atoms with Gasteiger partial charge >= 0.3 is 0 Å². The van der Waals surface area contributed by atoms with E-state index in [4.69, 9.17) is 15.1 Å². The molecule has 0 aliphatic rings. The van der Waals surface area contributed by atoms with Crippen molar-refractivity contribution in [1.29, 1.82) is 5.26 Å². The average Bonchev–Trinajstić information content (AvgIpc) is 2.47. The lowest BCUT2D eigenvalue weighted by Crippen LogP contribution is -2.50. The quantitative estimate of drug-likeness (QED) is 0.804. The van der Waals surface area contributed by atoms with Crippen molar-refractivity contribution in [2.45, 2.75) is 45.3 Å². The molecular weight excluding hydrogens is 268 g/mol. The number of ether oxygens (including phenoxy) is 1. The second-order valence-corrected chi connectivity index (χ2v) is 5.34. The van der Waals surface area contributed by atoms with Gasteiger partial charge in [0.2, 0.25) is 0 Å². The predicted molar refractivity (Wildman–Crippen MR) is 79.8 cm³/mol. The highest BCUT2D eigenvalue weighted by Crippen LogP contribution is 2.19. The van der Waals surface area contributed by atoms with Crippen LogP contribution in [0.25, 0.3) is 0 Å². The van der Waals surface area contributed by atoms with E-state index in [-0.39, 0.29) is 18.6 Å². The van der Waals surface area contributed by atoms with Crippen molar-refractivity contribution in [2.24, 2.45) is 0 Å². The maximum absolute atomic E-state index is 12.3. The van der Waals surface area contributed by atoms with E-state index in [1.807, 2.05) is 13.0 Å². The fourth-order valence-electron chi connectivity index (χ4n) is 1.83. The van der Waals surface area contributed by atoms with Gasteiger partial charge in [0.1, 0.15) is 5.75 Å². The van der Waals surface area contributed by atoms with Crippen LogP contribution >= 0.6 is 0 Å². The smallest absolute Gasteiger partial charge is 0.263 e. The van der Waals surface area contributed by atoms with Crippen molar-refractivity contribution in [3.05, 3.63) is 29.8 Å². The average molecular weight is 290 g/mol. The Morgan fingerprint density at radius 3 is 2.52 bits per heavy atom. The van der Waals surface area contributed by atoms with Crippen molar-refractivity contribution in [1.82, 2.24) is 5.32 Å². The number of hydrogen-bond donors (Lipinski definition) is 2. The molecule has 0 spiro atoms. The Kier molecular flexibility index (Phi) is 6.19. The molecule has 1 aromatic rings. The van der Waals surface area contributed by atoms with Gasteiger partial charge in [-0.25, -0.2) is 0 Å². The van der Waals surface area contributed by atoms with Crippen LogP contribution in [0.1, 0.15) is 39.2 Å². The molecular formula is C16H22N2O3. The van der Waals surface area contributed by atoms with Crippen molar-refractivity contribution in [3.8, 4) is 11.8 Å². The van der Waals surface area contributed by atoms with Crippen molar-refractivity contribution >= 4 is 5.91 Å². The SMILES string of the molecule is CCC(CCO)NC(=O)C(C)(C)Oc1ccc(C#N)cc1. The van der Waals surface area contributed by atoms with E-state index in [0.29, 0.717) is 17.7 Å². The first-order valence-corrected chi connectivity index (χ1v) is 7.04. The number of amides is 1. The van der Waals surface area contributed by atoms with Crippen LogP contribution in [0, 0.1) is 11.3 Å². The largest absolute Gasteiger partial charge is 0.478 e. The molecule has 2 N–H and O–H groups in total. The predicted octanol–water partition coefficient (Wildman–Crippen LogP) is 1.99. The normalized spacial score (nSPS) is 12.3. The number of nitriles is 1. The van der Waals surface area contributed by atoms with Crippen LogP contribution in [0.15, 0.2) is 24.3 Å². The van der Waals surface area contributed by atoms with Gasteiger partial charge < -0.3 is 15.2 Å². The van der Waals surface area contributed by atoms with E-state index in [0.717, 1.165) is 6.42 Å². The molecule has 114 valence electrons. The first-order valence-electron chi connectivity index (χ1n) is 7.04. The number of rotatable bonds is 7. The third-order valence-electron chi connectivity index (χ3n) is 3.21. The molecule has 5 heteroatoms. The van der Waals surface area contributed by atoms with E-state index in [1.165, 1.54) is 0 Å². The number of carbonyl (C=O) groups excluding carboxylic acids is 1. The minimum Gasteiger partial charge on any atom is -0.478 e. The molecule has 0 saturated heterocycles. The lowest BCUT2D eigenvalue weighted by Gasteiger charge is -2.28. The van der Waals surface area contributed by atoms with Crippen LogP contribution in [0.2, 0.25) is 0 Å². The number of nitrogens with zero attached hydrogens (tertiary/aromatic N) is 1. The summed E-state index contributed by atoms with van der Waals surface area (Å²) in [5.74, 6) is 0.302. The molecule has 1 amide bonds. The molecule has 1 rings (SSSR count). The van der Waals surface area contributed by atoms with Gasteiger partial charge in [0.05, 0.1) is 11.6 Å². The Morgan fingerprint density at radius 2 is 2.05 bits per heavy atom. The number of aliphatic hydroxyl groups is 1. The van der Waals surface area contributed by atoms with Crippen LogP contribution in [0.3, 0.4) is 0 Å². The Balaban J connectivity index is 2.70. The summed E-state index contributed by atoms with van der Waals surface area (Å²) in [4.78, 5) is 12.3. The van der Waals surface area contributed by atoms with Gasteiger partial charge in [-0.3, -0.25) is 4.79 Å². The lowest BCUT2D eigenvalue weighted by molar-refractivity contribution is -0.135. The maximum atomic E-state index is 12.3. The summed E-state index contributed by atoms with van der Waals surface area (Å²) in [5.41, 5.74) is -0.490. The summed E-state index contributed by atoms with van der Waals surface area (Å²) in [7, 11) is 0. The number of benzene rings is 1. The molecule has 0 aliphatic heterocycles. The highest BCUT2D eigenvalue weighted by molar-refractivity contribution is 5.84. The summed E-state index contributed by atoms with van der Waals surface area (Å²) in [6.45, 7) is 5.36. The van der Waals surface area contributed by atoms with Gasteiger partial charge in [-0.15, -0.1) is 0 Å². The van der Waals surface area contributed by atoms with Crippen molar-refractivity contribution < 1.29 is 14.6 Å².